The number of hydrogen-bond donors (Lipinski definition) is 2. The molecular formula is C7H11N3O. The Morgan fingerprint density at radius 3 is 3.18 bits per heavy atom. The van der Waals surface area contributed by atoms with Crippen LogP contribution in [0.25, 0.3) is 0 Å². The fourth-order valence-corrected chi connectivity index (χ4v) is 1.34. The van der Waals surface area contributed by atoms with E-state index >= 15 is 0 Å². The summed E-state index contributed by atoms with van der Waals surface area (Å²) in [4.78, 5) is 0. The van der Waals surface area contributed by atoms with Crippen LogP contribution in [0.1, 0.15) is 24.6 Å². The second-order valence-corrected chi connectivity index (χ2v) is 2.75. The van der Waals surface area contributed by atoms with Crippen LogP contribution in [-0.4, -0.2) is 16.8 Å². The zero-order chi connectivity index (χ0) is 7.68. The predicted octanol–water partition coefficient (Wildman–Crippen LogP) is 0.843. The number of aromatic amines is 1. The first kappa shape index (κ1) is 6.67. The summed E-state index contributed by atoms with van der Waals surface area (Å²) in [5.74, 6) is 0.538. The number of H-pyrrole nitrogens is 1. The maximum atomic E-state index is 5.45. The van der Waals surface area contributed by atoms with Gasteiger partial charge >= 0.3 is 0 Å². The number of rotatable bonds is 1. The van der Waals surface area contributed by atoms with Gasteiger partial charge in [0.05, 0.1) is 11.8 Å². The number of nitrogens with one attached hydrogen (secondary N) is 1. The fourth-order valence-electron chi connectivity index (χ4n) is 1.34. The van der Waals surface area contributed by atoms with E-state index in [1.165, 1.54) is 0 Å². The maximum Gasteiger partial charge on any atom is 0.145 e. The average molecular weight is 153 g/mol. The van der Waals surface area contributed by atoms with E-state index in [1.807, 2.05) is 6.07 Å². The van der Waals surface area contributed by atoms with Gasteiger partial charge in [-0.2, -0.15) is 5.10 Å². The molecule has 11 heavy (non-hydrogen) atoms. The first-order chi connectivity index (χ1) is 5.36. The molecule has 2 rings (SSSR count). The smallest absolute Gasteiger partial charge is 0.145 e. The van der Waals surface area contributed by atoms with Crippen molar-refractivity contribution in [1.29, 1.82) is 0 Å². The Labute approximate surface area is 64.7 Å². The number of hydrogen-bond acceptors (Lipinski definition) is 3. The molecule has 0 saturated carbocycles. The fraction of sp³-hybridized carbons (Fsp3) is 0.571. The molecule has 0 amide bonds. The minimum Gasteiger partial charge on any atom is -0.382 e. The van der Waals surface area contributed by atoms with Gasteiger partial charge in [0.25, 0.3) is 0 Å². The summed E-state index contributed by atoms with van der Waals surface area (Å²) >= 11 is 0. The second kappa shape index (κ2) is 2.54. The molecule has 0 spiro atoms. The van der Waals surface area contributed by atoms with Gasteiger partial charge < -0.3 is 10.5 Å². The number of nitrogens with zero attached hydrogens (tertiary/aromatic N) is 1. The molecule has 0 aromatic carbocycles. The molecule has 1 saturated heterocycles. The average Bonchev–Trinajstić information content (AvgIpc) is 2.55. The lowest BCUT2D eigenvalue weighted by atomic mass is 10.2. The summed E-state index contributed by atoms with van der Waals surface area (Å²) in [7, 11) is 0. The Balaban J connectivity index is 2.15. The van der Waals surface area contributed by atoms with Crippen LogP contribution in [0.3, 0.4) is 0 Å². The van der Waals surface area contributed by atoms with E-state index in [-0.39, 0.29) is 6.10 Å². The number of ether oxygens (including phenoxy) is 1. The largest absolute Gasteiger partial charge is 0.382 e. The zero-order valence-electron chi connectivity index (χ0n) is 6.21. The summed E-state index contributed by atoms with van der Waals surface area (Å²) in [5.41, 5.74) is 6.45. The van der Waals surface area contributed by atoms with Crippen LogP contribution >= 0.6 is 0 Å². The van der Waals surface area contributed by atoms with Crippen molar-refractivity contribution in [2.24, 2.45) is 0 Å². The molecule has 1 aliphatic heterocycles. The highest BCUT2D eigenvalue weighted by atomic mass is 16.5. The lowest BCUT2D eigenvalue weighted by molar-refractivity contribution is 0.108. The minimum absolute atomic E-state index is 0.194. The number of aromatic nitrogens is 2. The summed E-state index contributed by atoms with van der Waals surface area (Å²) in [5, 5.41) is 6.68. The molecule has 0 aliphatic carbocycles. The normalized spacial score (nSPS) is 24.2. The topological polar surface area (TPSA) is 63.9 Å². The van der Waals surface area contributed by atoms with Crippen molar-refractivity contribution in [2.75, 3.05) is 12.3 Å². The molecule has 0 bridgehead atoms. The van der Waals surface area contributed by atoms with Crippen molar-refractivity contribution >= 4 is 5.82 Å². The van der Waals surface area contributed by atoms with Gasteiger partial charge in [-0.15, -0.1) is 0 Å². The van der Waals surface area contributed by atoms with E-state index in [0.29, 0.717) is 5.82 Å². The Morgan fingerprint density at radius 2 is 2.64 bits per heavy atom. The van der Waals surface area contributed by atoms with Crippen LogP contribution in [0, 0.1) is 0 Å². The highest BCUT2D eigenvalue weighted by molar-refractivity contribution is 5.29. The molecule has 60 valence electrons. The molecule has 1 aromatic heterocycles. The summed E-state index contributed by atoms with van der Waals surface area (Å²) in [6.07, 6.45) is 2.39. The van der Waals surface area contributed by atoms with Gasteiger partial charge in [0.15, 0.2) is 0 Å². The van der Waals surface area contributed by atoms with Gasteiger partial charge in [0.1, 0.15) is 5.82 Å². The zero-order valence-corrected chi connectivity index (χ0v) is 6.21. The quantitative estimate of drug-likeness (QED) is 0.628. The standard InChI is InChI=1S/C7H11N3O/c8-7-4-5(9-10-7)6-2-1-3-11-6/h4,6H,1-3H2,(H3,8,9,10). The molecule has 1 fully saturated rings. The van der Waals surface area contributed by atoms with E-state index in [9.17, 15) is 0 Å². The highest BCUT2D eigenvalue weighted by Crippen LogP contribution is 2.27. The van der Waals surface area contributed by atoms with Crippen LogP contribution in [0.2, 0.25) is 0 Å². The Kier molecular flexibility index (Phi) is 1.54. The molecule has 3 N–H and O–H groups in total. The van der Waals surface area contributed by atoms with E-state index in [4.69, 9.17) is 10.5 Å². The molecule has 2 heterocycles. The number of anilines is 1. The van der Waals surface area contributed by atoms with E-state index in [0.717, 1.165) is 25.1 Å². The Bertz CT molecular complexity index is 240. The highest BCUT2D eigenvalue weighted by Gasteiger charge is 2.18. The first-order valence-corrected chi connectivity index (χ1v) is 3.78. The lowest BCUT2D eigenvalue weighted by Crippen LogP contribution is -1.95. The number of nitrogens with two attached hydrogens (primary N) is 1. The molecule has 0 radical (unpaired) electrons. The third-order valence-corrected chi connectivity index (χ3v) is 1.89. The van der Waals surface area contributed by atoms with Crippen LogP contribution in [0.15, 0.2) is 6.07 Å². The molecule has 1 aromatic rings. The first-order valence-electron chi connectivity index (χ1n) is 3.78. The lowest BCUT2D eigenvalue weighted by Gasteiger charge is -2.03. The van der Waals surface area contributed by atoms with Gasteiger partial charge in [-0.25, -0.2) is 0 Å². The molecule has 1 atom stereocenters. The summed E-state index contributed by atoms with van der Waals surface area (Å²) < 4.78 is 5.43. The number of nitrogen functional groups attached to an aromatic ring is 1. The van der Waals surface area contributed by atoms with Gasteiger partial charge in [0.2, 0.25) is 0 Å². The van der Waals surface area contributed by atoms with Gasteiger partial charge in [0, 0.05) is 12.7 Å². The van der Waals surface area contributed by atoms with Crippen molar-refractivity contribution in [3.63, 3.8) is 0 Å². The minimum atomic E-state index is 0.194. The van der Waals surface area contributed by atoms with Crippen molar-refractivity contribution in [1.82, 2.24) is 10.2 Å². The Hall–Kier alpha value is -1.03. The van der Waals surface area contributed by atoms with E-state index < -0.39 is 0 Å². The molecule has 1 aliphatic rings. The van der Waals surface area contributed by atoms with Gasteiger partial charge in [-0.3, -0.25) is 5.10 Å². The molecule has 4 nitrogen and oxygen atoms in total. The Morgan fingerprint density at radius 1 is 1.73 bits per heavy atom. The predicted molar refractivity (Wildman–Crippen MR) is 40.9 cm³/mol. The maximum absolute atomic E-state index is 5.45. The van der Waals surface area contributed by atoms with Crippen LogP contribution < -0.4 is 5.73 Å². The molecule has 4 heteroatoms. The molecule has 1 unspecified atom stereocenters. The van der Waals surface area contributed by atoms with Crippen molar-refractivity contribution in [2.45, 2.75) is 18.9 Å². The summed E-state index contributed by atoms with van der Waals surface area (Å²) in [6.45, 7) is 0.851. The van der Waals surface area contributed by atoms with Crippen LogP contribution in [-0.2, 0) is 4.74 Å². The van der Waals surface area contributed by atoms with E-state index in [2.05, 4.69) is 10.2 Å². The van der Waals surface area contributed by atoms with Crippen molar-refractivity contribution in [3.8, 4) is 0 Å². The van der Waals surface area contributed by atoms with Crippen LogP contribution in [0.5, 0.6) is 0 Å². The third-order valence-electron chi connectivity index (χ3n) is 1.89. The van der Waals surface area contributed by atoms with Crippen molar-refractivity contribution < 1.29 is 4.74 Å². The molecular weight excluding hydrogens is 142 g/mol. The third kappa shape index (κ3) is 1.21. The monoisotopic (exact) mass is 153 g/mol. The van der Waals surface area contributed by atoms with E-state index in [1.54, 1.807) is 0 Å². The van der Waals surface area contributed by atoms with Crippen molar-refractivity contribution in [3.05, 3.63) is 11.8 Å². The van der Waals surface area contributed by atoms with Gasteiger partial charge in [-0.05, 0) is 12.8 Å². The summed E-state index contributed by atoms with van der Waals surface area (Å²) in [6, 6.07) is 1.83. The van der Waals surface area contributed by atoms with Crippen LogP contribution in [0.4, 0.5) is 5.82 Å². The SMILES string of the molecule is Nc1cc(C2CCCO2)[nH]n1. The second-order valence-electron chi connectivity index (χ2n) is 2.75. The van der Waals surface area contributed by atoms with Gasteiger partial charge in [-0.1, -0.05) is 0 Å².